The third-order valence-electron chi connectivity index (χ3n) is 8.17. The van der Waals surface area contributed by atoms with Crippen LogP contribution in [0.1, 0.15) is 41.0 Å². The molecule has 0 unspecified atom stereocenters. The zero-order valence-corrected chi connectivity index (χ0v) is 25.0. The number of nitrogens with zero attached hydrogens (tertiary/aromatic N) is 5. The van der Waals surface area contributed by atoms with E-state index in [1.807, 2.05) is 18.2 Å². The number of anilines is 2. The molecule has 1 aliphatic heterocycles. The van der Waals surface area contributed by atoms with Gasteiger partial charge in [-0.2, -0.15) is 5.10 Å². The van der Waals surface area contributed by atoms with Gasteiger partial charge in [-0.25, -0.2) is 14.1 Å². The fraction of sp³-hybridized carbons (Fsp3) is 0.281. The maximum Gasteiger partial charge on any atom is 0.269 e. The van der Waals surface area contributed by atoms with Crippen molar-refractivity contribution in [1.29, 1.82) is 0 Å². The van der Waals surface area contributed by atoms with Crippen molar-refractivity contribution in [2.45, 2.75) is 39.3 Å². The zero-order chi connectivity index (χ0) is 30.2. The Balaban J connectivity index is 1.19. The summed E-state index contributed by atoms with van der Waals surface area (Å²) in [7, 11) is 2.09. The third kappa shape index (κ3) is 5.68. The van der Waals surface area contributed by atoms with Gasteiger partial charge in [-0.3, -0.25) is 4.79 Å². The molecular weight excluding hydrogens is 569 g/mol. The number of aromatic nitrogens is 3. The summed E-state index contributed by atoms with van der Waals surface area (Å²) in [4.78, 5) is 21.2. The lowest BCUT2D eigenvalue weighted by Gasteiger charge is -2.37. The van der Waals surface area contributed by atoms with Crippen LogP contribution < -0.4 is 16.0 Å². The van der Waals surface area contributed by atoms with E-state index in [-0.39, 0.29) is 18.2 Å². The first kappa shape index (κ1) is 28.7. The number of aryl methyl sites for hydroxylation is 1. The van der Waals surface area contributed by atoms with Crippen molar-refractivity contribution in [2.24, 2.45) is 5.73 Å². The van der Waals surface area contributed by atoms with Crippen molar-refractivity contribution < 1.29 is 13.9 Å². The first-order valence-electron chi connectivity index (χ1n) is 14.1. The van der Waals surface area contributed by atoms with Gasteiger partial charge in [0.05, 0.1) is 23.0 Å². The van der Waals surface area contributed by atoms with Gasteiger partial charge in [-0.1, -0.05) is 17.7 Å². The quantitative estimate of drug-likeness (QED) is 0.203. The highest BCUT2D eigenvalue weighted by atomic mass is 35.5. The van der Waals surface area contributed by atoms with E-state index >= 15 is 0 Å². The van der Waals surface area contributed by atoms with E-state index in [2.05, 4.69) is 58.4 Å². The van der Waals surface area contributed by atoms with Gasteiger partial charge < -0.3 is 25.6 Å². The molecule has 2 aromatic heterocycles. The minimum absolute atomic E-state index is 0.233. The summed E-state index contributed by atoms with van der Waals surface area (Å²) in [6.45, 7) is 5.65. The maximum atomic E-state index is 13.7. The molecule has 0 fully saturated rings. The Morgan fingerprint density at radius 2 is 1.98 bits per heavy atom. The second-order valence-electron chi connectivity index (χ2n) is 11.0. The number of nitrogens with one attached hydrogen (secondary N) is 1. The second-order valence-corrected chi connectivity index (χ2v) is 11.4. The molecule has 2 aromatic carbocycles. The minimum atomic E-state index is -0.588. The van der Waals surface area contributed by atoms with Gasteiger partial charge in [0.15, 0.2) is 5.69 Å². The van der Waals surface area contributed by atoms with Crippen LogP contribution in [-0.2, 0) is 24.2 Å². The Labute approximate surface area is 254 Å². The molecule has 43 heavy (non-hydrogen) atoms. The van der Waals surface area contributed by atoms with Crippen LogP contribution in [0.4, 0.5) is 15.9 Å². The molecule has 4 aromatic rings. The zero-order valence-electron chi connectivity index (χ0n) is 24.3. The van der Waals surface area contributed by atoms with E-state index in [0.29, 0.717) is 29.8 Å². The Kier molecular flexibility index (Phi) is 7.81. The van der Waals surface area contributed by atoms with Gasteiger partial charge in [0.1, 0.15) is 18.4 Å². The largest absolute Gasteiger partial charge is 0.372 e. The number of ether oxygens (including phenoxy) is 1. The van der Waals surface area contributed by atoms with Crippen molar-refractivity contribution >= 4 is 29.0 Å². The molecule has 1 atom stereocenters. The fourth-order valence-electron chi connectivity index (χ4n) is 5.63. The number of nitrogens with two attached hydrogens (primary N) is 1. The Bertz CT molecular complexity index is 1720. The Morgan fingerprint density at radius 1 is 1.19 bits per heavy atom. The number of halogens is 2. The molecule has 9 nitrogen and oxygen atoms in total. The molecule has 3 N–H and O–H groups in total. The molecular formula is C32H33ClFN7O2. The average Bonchev–Trinajstić information content (AvgIpc) is 3.40. The average molecular weight is 602 g/mol. The molecule has 6 rings (SSSR count). The number of primary amides is 1. The standard InChI is InChI=1S/C32H33ClFN7O2/c1-19-15-40(16-20(2)39(19)3)29-12-22(28(33)14-36-29)17-43-18-37-24-8-4-21-5-11-26-30(32(35)42)38-41(31(26)27(21)13-24)25-9-6-23(34)7-10-25/h4,6-10,12-15,20,37H,5,11,16-18H2,1-3H3,(H2,35,42)/t20-/m1/s1. The summed E-state index contributed by atoms with van der Waals surface area (Å²) in [6, 6.07) is 14.4. The van der Waals surface area contributed by atoms with E-state index in [4.69, 9.17) is 22.1 Å². The molecule has 0 saturated carbocycles. The van der Waals surface area contributed by atoms with Crippen LogP contribution in [0, 0.1) is 5.82 Å². The minimum Gasteiger partial charge on any atom is -0.372 e. The topological polar surface area (TPSA) is 102 Å². The van der Waals surface area contributed by atoms with Gasteiger partial charge in [0.2, 0.25) is 0 Å². The molecule has 0 bridgehead atoms. The summed E-state index contributed by atoms with van der Waals surface area (Å²) in [5.74, 6) is -0.111. The van der Waals surface area contributed by atoms with Crippen molar-refractivity contribution in [3.8, 4) is 16.9 Å². The highest BCUT2D eigenvalue weighted by molar-refractivity contribution is 6.31. The smallest absolute Gasteiger partial charge is 0.269 e. The van der Waals surface area contributed by atoms with Crippen LogP contribution in [0.25, 0.3) is 16.9 Å². The van der Waals surface area contributed by atoms with Gasteiger partial charge in [0.25, 0.3) is 5.91 Å². The summed E-state index contributed by atoms with van der Waals surface area (Å²) in [5.41, 5.74) is 13.1. The number of allylic oxidation sites excluding steroid dienone is 1. The first-order valence-corrected chi connectivity index (χ1v) is 14.5. The summed E-state index contributed by atoms with van der Waals surface area (Å²) < 4.78 is 21.3. The van der Waals surface area contributed by atoms with Crippen molar-refractivity contribution in [3.63, 3.8) is 0 Å². The Hall–Kier alpha value is -4.41. The normalized spacial score (nSPS) is 16.0. The number of amides is 1. The number of carbonyl (C=O) groups is 1. The number of pyridine rings is 1. The van der Waals surface area contributed by atoms with Crippen LogP contribution in [0.5, 0.6) is 0 Å². The number of hydrogen-bond donors (Lipinski definition) is 2. The van der Waals surface area contributed by atoms with E-state index in [9.17, 15) is 9.18 Å². The predicted octanol–water partition coefficient (Wildman–Crippen LogP) is 5.51. The van der Waals surface area contributed by atoms with Crippen molar-refractivity contribution in [2.75, 3.05) is 30.5 Å². The molecule has 0 radical (unpaired) electrons. The highest BCUT2D eigenvalue weighted by Gasteiger charge is 2.28. The second kappa shape index (κ2) is 11.7. The predicted molar refractivity (Wildman–Crippen MR) is 166 cm³/mol. The third-order valence-corrected chi connectivity index (χ3v) is 8.51. The fourth-order valence-corrected chi connectivity index (χ4v) is 5.79. The van der Waals surface area contributed by atoms with Crippen molar-refractivity contribution in [3.05, 3.63) is 99.8 Å². The SMILES string of the molecule is CC1=CN(c2cc(COCNc3ccc4c(c3)-c3c(c(C(N)=O)nn3-c3ccc(F)cc3)CC4)c(Cl)cn2)C[C@@H](C)N1C. The van der Waals surface area contributed by atoms with Crippen molar-refractivity contribution in [1.82, 2.24) is 19.7 Å². The summed E-state index contributed by atoms with van der Waals surface area (Å²) in [5, 5.41) is 8.41. The number of hydrogen-bond acceptors (Lipinski definition) is 7. The molecule has 1 amide bonds. The lowest BCUT2D eigenvalue weighted by Crippen LogP contribution is -2.42. The number of fused-ring (bicyclic) bond motifs is 3. The van der Waals surface area contributed by atoms with E-state index < -0.39 is 5.91 Å². The molecule has 0 saturated heterocycles. The van der Waals surface area contributed by atoms with Crippen LogP contribution in [-0.4, -0.2) is 51.9 Å². The lowest BCUT2D eigenvalue weighted by molar-refractivity contribution is 0.0994. The maximum absolute atomic E-state index is 13.7. The lowest BCUT2D eigenvalue weighted by atomic mass is 9.88. The molecule has 0 spiro atoms. The van der Waals surface area contributed by atoms with E-state index in [0.717, 1.165) is 52.4 Å². The van der Waals surface area contributed by atoms with Crippen LogP contribution in [0.3, 0.4) is 0 Å². The Morgan fingerprint density at radius 3 is 2.72 bits per heavy atom. The number of carbonyl (C=O) groups excluding carboxylic acids is 1. The molecule has 222 valence electrons. The number of benzene rings is 2. The molecule has 11 heteroatoms. The summed E-state index contributed by atoms with van der Waals surface area (Å²) >= 11 is 6.47. The van der Waals surface area contributed by atoms with Gasteiger partial charge in [-0.15, -0.1) is 0 Å². The molecule has 3 heterocycles. The van der Waals surface area contributed by atoms with E-state index in [1.165, 1.54) is 17.8 Å². The van der Waals surface area contributed by atoms with Gasteiger partial charge >= 0.3 is 0 Å². The van der Waals surface area contributed by atoms with Crippen LogP contribution in [0.2, 0.25) is 5.02 Å². The van der Waals surface area contributed by atoms with E-state index in [1.54, 1.807) is 23.0 Å². The van der Waals surface area contributed by atoms with Crippen LogP contribution in [0.15, 0.2) is 66.6 Å². The van der Waals surface area contributed by atoms with Gasteiger partial charge in [-0.05, 0) is 74.7 Å². The number of likely N-dealkylation sites (N-methyl/N-ethyl adjacent to an activating group) is 1. The first-order chi connectivity index (χ1) is 20.7. The van der Waals surface area contributed by atoms with Gasteiger partial charge in [0, 0.05) is 60.1 Å². The van der Waals surface area contributed by atoms with Crippen LogP contribution >= 0.6 is 11.6 Å². The summed E-state index contributed by atoms with van der Waals surface area (Å²) in [6.07, 6.45) is 5.14. The molecule has 1 aliphatic carbocycles. The highest BCUT2D eigenvalue weighted by Crippen LogP contribution is 2.38. The monoisotopic (exact) mass is 601 g/mol. The molecule has 2 aliphatic rings. The number of rotatable bonds is 8.